The van der Waals surface area contributed by atoms with E-state index in [1.165, 1.54) is 200 Å². The number of aromatic nitrogens is 4. The molecular weight excluding hydrogens is 1910 g/mol. The summed E-state index contributed by atoms with van der Waals surface area (Å²) in [5.41, 5.74) is 15.7. The van der Waals surface area contributed by atoms with E-state index < -0.39 is 33.1 Å². The van der Waals surface area contributed by atoms with Crippen molar-refractivity contribution in [2.75, 3.05) is 78.5 Å². The summed E-state index contributed by atoms with van der Waals surface area (Å²) in [4.78, 5) is 46.3. The van der Waals surface area contributed by atoms with Crippen molar-refractivity contribution in [1.82, 2.24) is 39.5 Å². The van der Waals surface area contributed by atoms with Gasteiger partial charge in [0.25, 0.3) is 0 Å². The fraction of sp³-hybridized carbons (Fsp3) is 0.392. The monoisotopic (exact) mass is 2000 g/mol. The molecule has 2 unspecified atom stereocenters. The number of aliphatic hydroxyl groups is 1. The standard InChI is InChI=1S/C19H22N2OS2.C19H22N2S2.C19H20N2S2.C18H18N2OS2.C3H9ClSi.CH3.BrH.IO4.HI.Mg.H4N2.2Na/c1-19(22,17-12-23-13-20-17)18-14-6-2-3-7-15(14)24-16(18)8-11-21-9-4-5-10-21;2*1-14(16-12-22-13-20-16)19-15-6-2-3-7-17(15)23-18(19)8-11-21-9-4-5-10-21;21-18(14-11-22-12-19-14)17-13-5-1-2-6-15(13)23-16(17)7-10-20-8-3-4-9-20;1-5(2,3)4;;;2-1(3,4)5;;;1-2;;/h2-3,6-7,12-13,22H,4-5,8-11H2,1H3;2-3,6-7,12-14H,4-5,8-11H2,1H3;2-3,6-7,12-13H,1,4-5,8-11H2;1-2,5-6,11-12H,3-4,7-10H2;1-3H3;1H3;1H;;1H;;1-2H2;;/q;;;;;-1;;-1;;+2;;2*+1/p-2. The maximum absolute atomic E-state index is 12.9. The van der Waals surface area contributed by atoms with E-state index in [1.54, 1.807) is 49.9 Å². The summed E-state index contributed by atoms with van der Waals surface area (Å²) in [6, 6.07) is 34.2. The largest absolute Gasteiger partial charge is 2.00 e. The van der Waals surface area contributed by atoms with E-state index in [0.717, 1.165) is 77.8 Å². The first kappa shape index (κ1) is 103. The third kappa shape index (κ3) is 30.5. The van der Waals surface area contributed by atoms with E-state index in [1.807, 2.05) is 74.8 Å². The van der Waals surface area contributed by atoms with Crippen LogP contribution < -0.4 is 146 Å². The molecule has 12 heterocycles. The van der Waals surface area contributed by atoms with E-state index >= 15 is 0 Å². The number of ketones is 1. The van der Waals surface area contributed by atoms with Crippen molar-refractivity contribution in [3.63, 3.8) is 0 Å². The second-order valence-corrected chi connectivity index (χ2v) is 44.5. The molecule has 0 aliphatic carbocycles. The first-order chi connectivity index (χ1) is 50.6. The molecule has 4 saturated heterocycles. The summed E-state index contributed by atoms with van der Waals surface area (Å²) in [5.74, 6) is 8.45. The molecule has 111 heavy (non-hydrogen) atoms. The molecule has 584 valence electrons. The maximum atomic E-state index is 12.9. The minimum atomic E-state index is -5.94. The number of carbonyl (C=O) groups is 1. The third-order valence-electron chi connectivity index (χ3n) is 18.8. The second kappa shape index (κ2) is 51.3. The zero-order valence-electron chi connectivity index (χ0n) is 64.8. The zero-order valence-corrected chi connectivity index (χ0v) is 84.4. The fourth-order valence-electron chi connectivity index (χ4n) is 13.9. The van der Waals surface area contributed by atoms with Gasteiger partial charge in [-0.15, -0.1) is 90.7 Å². The summed E-state index contributed by atoms with van der Waals surface area (Å²) >= 11 is 13.5. The van der Waals surface area contributed by atoms with Crippen LogP contribution in [0.5, 0.6) is 0 Å². The van der Waals surface area contributed by atoms with Gasteiger partial charge >= 0.3 is 82.2 Å². The molecule has 0 amide bonds. The Kier molecular flexibility index (Phi) is 47.5. The van der Waals surface area contributed by atoms with Crippen LogP contribution in [0.4, 0.5) is 0 Å². The number of nitrogens with two attached hydrogens (primary N) is 2. The first-order valence-electron chi connectivity index (χ1n) is 35.7. The Hall–Kier alpha value is -0.577. The van der Waals surface area contributed by atoms with Gasteiger partial charge in [0.15, 0.2) is 0 Å². The molecule has 4 aliphatic rings. The molecule has 16 nitrogen and oxygen atoms in total. The Morgan fingerprint density at radius 3 is 1.28 bits per heavy atom. The SMILES string of the molecule is C=C(c1cscn1)c1c(CCN2CCCC2)sc2ccccc12.CC(O)(c1cscn1)c1c(CCN2CCCC2)sc2ccccc12.CC(c1cscn1)c1c(CCN2CCCC2)sc2ccccc12.C[Si](C)(C)Cl.NN.O=C(c1cscn1)c1c(CCN2CCCC2)sc2ccccc12.[Br-].[CH3-].[I-].[Mg+2].[Na+].[Na+].[O-][I+3]([O-])([O-])[O-]. The van der Waals surface area contributed by atoms with Crippen LogP contribution in [0.1, 0.15) is 140 Å². The Balaban J connectivity index is 0.000000292. The van der Waals surface area contributed by atoms with Crippen molar-refractivity contribution >= 4 is 184 Å². The second-order valence-electron chi connectivity index (χ2n) is 27.4. The zero-order chi connectivity index (χ0) is 74.5. The topological polar surface area (TPSA) is 246 Å². The summed E-state index contributed by atoms with van der Waals surface area (Å²) in [6.07, 6.45) is 14.9. The van der Waals surface area contributed by atoms with Gasteiger partial charge in [-0.05, 0) is 177 Å². The van der Waals surface area contributed by atoms with Gasteiger partial charge in [-0.2, -0.15) is 11.1 Å². The number of hydrazine groups is 1. The van der Waals surface area contributed by atoms with Gasteiger partial charge in [0, 0.05) is 125 Å². The molecule has 5 N–H and O–H groups in total. The van der Waals surface area contributed by atoms with Crippen molar-refractivity contribution in [2.24, 2.45) is 11.7 Å². The summed E-state index contributed by atoms with van der Waals surface area (Å²) in [5, 5.41) is 24.4. The molecule has 0 saturated carbocycles. The van der Waals surface area contributed by atoms with E-state index in [9.17, 15) is 9.90 Å². The number of halogens is 4. The minimum absolute atomic E-state index is 0. The van der Waals surface area contributed by atoms with Crippen LogP contribution in [0.15, 0.2) is 147 Å². The number of fused-ring (bicyclic) bond motifs is 4. The van der Waals surface area contributed by atoms with E-state index in [4.69, 9.17) is 24.8 Å². The average Bonchev–Trinajstić information content (AvgIpc) is 1.63. The molecule has 4 fully saturated rings. The smallest absolute Gasteiger partial charge is 1.00 e. The predicted molar refractivity (Wildman–Crippen MR) is 451 cm³/mol. The van der Waals surface area contributed by atoms with Gasteiger partial charge in [0.05, 0.1) is 39.1 Å². The van der Waals surface area contributed by atoms with Crippen LogP contribution in [0.2, 0.25) is 19.6 Å². The Bertz CT molecular complexity index is 4460. The molecule has 4 aromatic carbocycles. The van der Waals surface area contributed by atoms with Gasteiger partial charge in [-0.25, -0.2) is 19.9 Å². The normalized spacial score (nSPS) is 15.0. The summed E-state index contributed by atoms with van der Waals surface area (Å²) < 4.78 is 39.7. The molecule has 0 spiro atoms. The molecule has 12 aromatic rings. The van der Waals surface area contributed by atoms with Crippen molar-refractivity contribution in [1.29, 1.82) is 0 Å². The van der Waals surface area contributed by atoms with Crippen LogP contribution in [0.25, 0.3) is 45.9 Å². The number of carbonyl (C=O) groups excluding carboxylic acids is 1. The van der Waals surface area contributed by atoms with Crippen LogP contribution in [0, 0.1) is 7.43 Å². The average molecular weight is 2010 g/mol. The predicted octanol–water partition coefficient (Wildman–Crippen LogP) is -0.103. The Morgan fingerprint density at radius 2 is 0.865 bits per heavy atom. The number of nitrogens with zero attached hydrogens (tertiary/aromatic N) is 8. The molecule has 8 aromatic heterocycles. The number of hydrogen-bond donors (Lipinski definition) is 3. The molecule has 16 rings (SSSR count). The molecule has 32 heteroatoms. The van der Waals surface area contributed by atoms with Crippen LogP contribution >= 0.6 is 102 Å². The van der Waals surface area contributed by atoms with Gasteiger partial charge in [0.1, 0.15) is 38.8 Å². The molecule has 0 radical (unpaired) electrons. The third-order valence-corrected chi connectivity index (χ3v) is 26.1. The number of thiazole rings is 4. The van der Waals surface area contributed by atoms with E-state index in [2.05, 4.69) is 180 Å². The van der Waals surface area contributed by atoms with Crippen LogP contribution in [-0.2, 0) is 31.3 Å². The van der Waals surface area contributed by atoms with Gasteiger partial charge in [0.2, 0.25) is 5.78 Å². The Labute approximate surface area is 787 Å². The molecule has 0 bridgehead atoms. The molecule has 4 aliphatic heterocycles. The summed E-state index contributed by atoms with van der Waals surface area (Å²) in [7, 11) is -1.14. The molecular formula is C79H98BrClI2MgN10Na2O6S8Si. The maximum Gasteiger partial charge on any atom is 2.00 e. The Morgan fingerprint density at radius 1 is 0.541 bits per heavy atom. The van der Waals surface area contributed by atoms with Gasteiger partial charge < -0.3 is 73.1 Å². The van der Waals surface area contributed by atoms with Crippen LogP contribution in [-0.4, -0.2) is 159 Å². The van der Waals surface area contributed by atoms with E-state index in [-0.39, 0.29) is 136 Å². The quantitative estimate of drug-likeness (QED) is 0.0172. The number of thiophene rings is 4. The van der Waals surface area contributed by atoms with E-state index in [0.29, 0.717) is 11.6 Å². The van der Waals surface area contributed by atoms with Crippen molar-refractivity contribution in [3.05, 3.63) is 219 Å². The van der Waals surface area contributed by atoms with Crippen molar-refractivity contribution in [2.45, 2.75) is 122 Å². The minimum Gasteiger partial charge on any atom is -1.00 e. The first-order valence-corrected chi connectivity index (χ1v) is 50.8. The van der Waals surface area contributed by atoms with Crippen molar-refractivity contribution < 1.29 is 144 Å². The number of rotatable bonds is 20. The number of hydrogen-bond acceptors (Lipinski definition) is 24. The van der Waals surface area contributed by atoms with Crippen LogP contribution in [0.3, 0.4) is 0 Å². The van der Waals surface area contributed by atoms with Gasteiger partial charge in [-0.1, -0.05) is 106 Å². The fourth-order valence-corrected chi connectivity index (χ4v) is 21.3. The molecule has 2 atom stereocenters. The van der Waals surface area contributed by atoms with Gasteiger partial charge in [-0.3, -0.25) is 30.2 Å². The van der Waals surface area contributed by atoms with Crippen molar-refractivity contribution in [3.8, 4) is 0 Å². The number of likely N-dealkylation sites (tertiary alicyclic amines) is 4. The number of benzene rings is 4. The summed E-state index contributed by atoms with van der Waals surface area (Å²) in [6.45, 7) is 29.2.